The van der Waals surface area contributed by atoms with Crippen LogP contribution in [0.1, 0.15) is 53.3 Å². The minimum atomic E-state index is -0.468. The van der Waals surface area contributed by atoms with E-state index in [9.17, 15) is 9.59 Å². The largest absolute Gasteiger partial charge is 0.471 e. The van der Waals surface area contributed by atoms with Gasteiger partial charge in [0.05, 0.1) is 25.3 Å². The van der Waals surface area contributed by atoms with Crippen molar-refractivity contribution in [2.24, 2.45) is 5.92 Å². The van der Waals surface area contributed by atoms with Crippen LogP contribution in [-0.4, -0.2) is 50.6 Å². The third-order valence-corrected chi connectivity index (χ3v) is 4.54. The Morgan fingerprint density at radius 3 is 2.20 bits per heavy atom. The number of amides is 1. The molecule has 0 aliphatic heterocycles. The summed E-state index contributed by atoms with van der Waals surface area (Å²) >= 11 is 0. The maximum atomic E-state index is 12.7. The standard InChI is InChI=1S/C17H23NO3.C2H4O2/c1-12-8-4-7-11-15(12)18(2)16(19)13-9-5-6-10-14(13)17(20)21-3;1-4-2-3/h5-6,9-10,12,15H,4,7-8,11H2,1-3H3;2H,1H3/t12-,15+;/m0./s1. The Kier molecular flexibility index (Phi) is 8.67. The molecule has 1 saturated carbocycles. The zero-order valence-electron chi connectivity index (χ0n) is 15.4. The number of hydrogen-bond acceptors (Lipinski definition) is 5. The Hall–Kier alpha value is -2.37. The molecular formula is C19H27NO5. The number of esters is 1. The molecule has 1 amide bonds. The Bertz CT molecular complexity index is 587. The van der Waals surface area contributed by atoms with Gasteiger partial charge in [0, 0.05) is 13.1 Å². The molecular weight excluding hydrogens is 322 g/mol. The Morgan fingerprint density at radius 1 is 1.12 bits per heavy atom. The van der Waals surface area contributed by atoms with Gasteiger partial charge in [-0.05, 0) is 30.9 Å². The van der Waals surface area contributed by atoms with Crippen molar-refractivity contribution in [1.82, 2.24) is 4.90 Å². The summed E-state index contributed by atoms with van der Waals surface area (Å²) in [7, 11) is 4.48. The van der Waals surface area contributed by atoms with Gasteiger partial charge in [0.25, 0.3) is 12.4 Å². The van der Waals surface area contributed by atoms with E-state index in [2.05, 4.69) is 11.7 Å². The first-order valence-electron chi connectivity index (χ1n) is 8.38. The lowest BCUT2D eigenvalue weighted by Gasteiger charge is -2.36. The molecule has 1 aliphatic carbocycles. The third kappa shape index (κ3) is 5.59. The average molecular weight is 349 g/mol. The molecule has 0 aromatic heterocycles. The second-order valence-corrected chi connectivity index (χ2v) is 6.11. The summed E-state index contributed by atoms with van der Waals surface area (Å²) in [6, 6.07) is 7.09. The summed E-state index contributed by atoms with van der Waals surface area (Å²) in [5, 5.41) is 0. The van der Waals surface area contributed by atoms with Gasteiger partial charge in [0.2, 0.25) is 0 Å². The van der Waals surface area contributed by atoms with Crippen molar-refractivity contribution in [3.05, 3.63) is 35.4 Å². The fourth-order valence-electron chi connectivity index (χ4n) is 3.17. The van der Waals surface area contributed by atoms with Gasteiger partial charge in [-0.1, -0.05) is 31.9 Å². The van der Waals surface area contributed by atoms with E-state index in [0.29, 0.717) is 23.5 Å². The molecule has 0 bridgehead atoms. The summed E-state index contributed by atoms with van der Waals surface area (Å²) < 4.78 is 8.62. The number of carbonyl (C=O) groups is 3. The van der Waals surface area contributed by atoms with Crippen LogP contribution in [0.15, 0.2) is 24.3 Å². The molecule has 1 aromatic carbocycles. The SMILES string of the molecule is COC(=O)c1ccccc1C(=O)N(C)[C@@H]1CCCC[C@@H]1C.COC=O. The van der Waals surface area contributed by atoms with Crippen LogP contribution in [0.25, 0.3) is 0 Å². The van der Waals surface area contributed by atoms with Gasteiger partial charge < -0.3 is 14.4 Å². The summed E-state index contributed by atoms with van der Waals surface area (Å²) in [6.07, 6.45) is 4.58. The van der Waals surface area contributed by atoms with Gasteiger partial charge in [0.15, 0.2) is 0 Å². The molecule has 0 N–H and O–H groups in total. The number of methoxy groups -OCH3 is 2. The fourth-order valence-corrected chi connectivity index (χ4v) is 3.17. The lowest BCUT2D eigenvalue weighted by atomic mass is 9.85. The van der Waals surface area contributed by atoms with Gasteiger partial charge in [0.1, 0.15) is 0 Å². The van der Waals surface area contributed by atoms with Crippen LogP contribution in [-0.2, 0) is 14.3 Å². The first kappa shape index (κ1) is 20.7. The molecule has 2 atom stereocenters. The van der Waals surface area contributed by atoms with E-state index in [1.54, 1.807) is 29.2 Å². The van der Waals surface area contributed by atoms with Crippen LogP contribution in [0.2, 0.25) is 0 Å². The summed E-state index contributed by atoms with van der Waals surface area (Å²) in [6.45, 7) is 2.57. The van der Waals surface area contributed by atoms with Crippen LogP contribution in [0.3, 0.4) is 0 Å². The molecule has 2 rings (SSSR count). The first-order valence-corrected chi connectivity index (χ1v) is 8.38. The second-order valence-electron chi connectivity index (χ2n) is 6.11. The summed E-state index contributed by atoms with van der Waals surface area (Å²) in [5.74, 6) is -0.0724. The van der Waals surface area contributed by atoms with E-state index < -0.39 is 5.97 Å². The van der Waals surface area contributed by atoms with Gasteiger partial charge in [-0.15, -0.1) is 0 Å². The highest BCUT2D eigenvalue weighted by molar-refractivity contribution is 6.05. The number of rotatable bonds is 4. The van der Waals surface area contributed by atoms with Gasteiger partial charge in [-0.3, -0.25) is 9.59 Å². The monoisotopic (exact) mass is 349 g/mol. The zero-order valence-corrected chi connectivity index (χ0v) is 15.4. The molecule has 0 heterocycles. The van der Waals surface area contributed by atoms with Crippen molar-refractivity contribution in [2.75, 3.05) is 21.3 Å². The van der Waals surface area contributed by atoms with Crippen molar-refractivity contribution in [3.63, 3.8) is 0 Å². The van der Waals surface area contributed by atoms with Crippen LogP contribution < -0.4 is 0 Å². The van der Waals surface area contributed by atoms with Gasteiger partial charge >= 0.3 is 5.97 Å². The molecule has 1 aliphatic rings. The molecule has 0 spiro atoms. The number of benzene rings is 1. The number of hydrogen-bond donors (Lipinski definition) is 0. The highest BCUT2D eigenvalue weighted by Crippen LogP contribution is 2.28. The quantitative estimate of drug-likeness (QED) is 0.617. The predicted octanol–water partition coefficient (Wildman–Crippen LogP) is 2.91. The number of ether oxygens (including phenoxy) is 2. The van der Waals surface area contributed by atoms with Crippen molar-refractivity contribution >= 4 is 18.3 Å². The average Bonchev–Trinajstić information content (AvgIpc) is 2.66. The van der Waals surface area contributed by atoms with E-state index in [-0.39, 0.29) is 11.9 Å². The molecule has 1 fully saturated rings. The van der Waals surface area contributed by atoms with Crippen LogP contribution in [0, 0.1) is 5.92 Å². The Balaban J connectivity index is 0.000000705. The minimum Gasteiger partial charge on any atom is -0.471 e. The predicted molar refractivity (Wildman–Crippen MR) is 94.4 cm³/mol. The molecule has 138 valence electrons. The maximum Gasteiger partial charge on any atom is 0.338 e. The summed E-state index contributed by atoms with van der Waals surface area (Å²) in [4.78, 5) is 35.3. The van der Waals surface area contributed by atoms with Crippen molar-refractivity contribution < 1.29 is 23.9 Å². The Morgan fingerprint density at radius 2 is 1.68 bits per heavy atom. The lowest BCUT2D eigenvalue weighted by molar-refractivity contribution is -0.126. The third-order valence-electron chi connectivity index (χ3n) is 4.54. The first-order chi connectivity index (χ1) is 12.0. The van der Waals surface area contributed by atoms with Crippen LogP contribution >= 0.6 is 0 Å². The van der Waals surface area contributed by atoms with E-state index in [1.165, 1.54) is 20.6 Å². The highest BCUT2D eigenvalue weighted by atomic mass is 16.5. The fraction of sp³-hybridized carbons (Fsp3) is 0.526. The van der Waals surface area contributed by atoms with Crippen molar-refractivity contribution in [3.8, 4) is 0 Å². The van der Waals surface area contributed by atoms with Crippen molar-refractivity contribution in [2.45, 2.75) is 38.6 Å². The molecule has 25 heavy (non-hydrogen) atoms. The van der Waals surface area contributed by atoms with Gasteiger partial charge in [-0.25, -0.2) is 4.79 Å². The lowest BCUT2D eigenvalue weighted by Crippen LogP contribution is -2.43. The number of nitrogens with zero attached hydrogens (tertiary/aromatic N) is 1. The zero-order chi connectivity index (χ0) is 18.8. The molecule has 6 nitrogen and oxygen atoms in total. The molecule has 0 radical (unpaired) electrons. The van der Waals surface area contributed by atoms with Crippen molar-refractivity contribution in [1.29, 1.82) is 0 Å². The van der Waals surface area contributed by atoms with E-state index in [0.717, 1.165) is 19.3 Å². The van der Waals surface area contributed by atoms with Crippen LogP contribution in [0.4, 0.5) is 0 Å². The molecule has 1 aromatic rings. The van der Waals surface area contributed by atoms with E-state index in [1.807, 2.05) is 7.05 Å². The van der Waals surface area contributed by atoms with Gasteiger partial charge in [-0.2, -0.15) is 0 Å². The molecule has 6 heteroatoms. The normalized spacial score (nSPS) is 19.0. The summed E-state index contributed by atoms with van der Waals surface area (Å²) in [5.41, 5.74) is 0.755. The molecule has 0 saturated heterocycles. The molecule has 0 unspecified atom stereocenters. The number of carbonyl (C=O) groups excluding carboxylic acids is 3. The minimum absolute atomic E-state index is 0.102. The highest BCUT2D eigenvalue weighted by Gasteiger charge is 2.30. The van der Waals surface area contributed by atoms with E-state index in [4.69, 9.17) is 9.53 Å². The van der Waals surface area contributed by atoms with E-state index >= 15 is 0 Å². The second kappa shape index (κ2) is 10.5. The van der Waals surface area contributed by atoms with Crippen LogP contribution in [0.5, 0.6) is 0 Å². The maximum absolute atomic E-state index is 12.7. The Labute approximate surface area is 149 Å². The topological polar surface area (TPSA) is 72.9 Å². The smallest absolute Gasteiger partial charge is 0.338 e.